The Morgan fingerprint density at radius 2 is 1.94 bits per heavy atom. The van der Waals surface area contributed by atoms with E-state index in [1.165, 1.54) is 11.3 Å². The molecule has 0 bridgehead atoms. The maximum absolute atomic E-state index is 13.9. The number of allylic oxidation sites excluding steroid dienone is 1. The summed E-state index contributed by atoms with van der Waals surface area (Å²) in [6, 6.07) is 7.34. The molecular formula is C28H32N4O2. The highest BCUT2D eigenvalue weighted by molar-refractivity contribution is 6.15. The minimum absolute atomic E-state index is 0.131. The molecule has 0 unspecified atom stereocenters. The molecule has 1 N–H and O–H groups in total. The molecule has 1 aromatic carbocycles. The summed E-state index contributed by atoms with van der Waals surface area (Å²) in [6.07, 6.45) is 4.28. The number of H-pyrrole nitrogens is 1. The second kappa shape index (κ2) is 7.83. The molecule has 6 nitrogen and oxygen atoms in total. The van der Waals surface area contributed by atoms with Crippen molar-refractivity contribution in [1.29, 1.82) is 5.26 Å². The van der Waals surface area contributed by atoms with Crippen molar-refractivity contribution in [3.8, 4) is 6.07 Å². The molecule has 0 amide bonds. The van der Waals surface area contributed by atoms with E-state index in [2.05, 4.69) is 53.8 Å². The average molecular weight is 457 g/mol. The van der Waals surface area contributed by atoms with Gasteiger partial charge < -0.3 is 14.6 Å². The van der Waals surface area contributed by atoms with Gasteiger partial charge in [0.25, 0.3) is 0 Å². The molecule has 2 aromatic rings. The zero-order valence-corrected chi connectivity index (χ0v) is 20.3. The van der Waals surface area contributed by atoms with Crippen LogP contribution in [0.4, 0.5) is 5.69 Å². The number of hydrogen-bond acceptors (Lipinski definition) is 5. The lowest BCUT2D eigenvalue weighted by molar-refractivity contribution is -0.0660. The number of benzene rings is 1. The number of anilines is 1. The first-order valence-electron chi connectivity index (χ1n) is 12.6. The minimum atomic E-state index is -0.317. The van der Waals surface area contributed by atoms with E-state index in [1.807, 2.05) is 6.08 Å². The fourth-order valence-corrected chi connectivity index (χ4v) is 6.20. The van der Waals surface area contributed by atoms with Gasteiger partial charge in [-0.25, -0.2) is 0 Å². The lowest BCUT2D eigenvalue weighted by Gasteiger charge is -2.44. The van der Waals surface area contributed by atoms with Gasteiger partial charge in [0, 0.05) is 65.4 Å². The van der Waals surface area contributed by atoms with Crippen molar-refractivity contribution in [2.75, 3.05) is 44.3 Å². The van der Waals surface area contributed by atoms with Crippen LogP contribution in [0.5, 0.6) is 0 Å². The van der Waals surface area contributed by atoms with Crippen molar-refractivity contribution in [2.45, 2.75) is 51.5 Å². The summed E-state index contributed by atoms with van der Waals surface area (Å²) in [4.78, 5) is 22.5. The second-order valence-electron chi connectivity index (χ2n) is 10.6. The van der Waals surface area contributed by atoms with Crippen LogP contribution in [0.2, 0.25) is 0 Å². The smallest absolute Gasteiger partial charge is 0.195 e. The number of aromatic nitrogens is 1. The Kier molecular flexibility index (Phi) is 4.98. The first-order chi connectivity index (χ1) is 16.4. The zero-order chi connectivity index (χ0) is 23.6. The molecule has 6 heteroatoms. The summed E-state index contributed by atoms with van der Waals surface area (Å²) in [5, 5.41) is 9.38. The van der Waals surface area contributed by atoms with Gasteiger partial charge >= 0.3 is 0 Å². The Morgan fingerprint density at radius 1 is 1.18 bits per heavy atom. The number of piperazine rings is 1. The van der Waals surface area contributed by atoms with Gasteiger partial charge in [0.15, 0.2) is 5.78 Å². The van der Waals surface area contributed by atoms with Crippen LogP contribution in [0, 0.1) is 11.3 Å². The Bertz CT molecular complexity index is 1250. The van der Waals surface area contributed by atoms with Gasteiger partial charge in [-0.1, -0.05) is 20.8 Å². The van der Waals surface area contributed by atoms with Gasteiger partial charge in [0.1, 0.15) is 0 Å². The largest absolute Gasteiger partial charge is 0.378 e. The normalized spacial score (nSPS) is 21.8. The molecule has 1 aromatic heterocycles. The SMILES string of the molecule is CCc1cc2c(cc1N1CCN(C3COC3)CC1)C(C)(C)c1[nH]c3c(c1C2=O)CCC(C#N)=C3. The summed E-state index contributed by atoms with van der Waals surface area (Å²) in [5.74, 6) is 0.131. The fourth-order valence-electron chi connectivity index (χ4n) is 6.20. The van der Waals surface area contributed by atoms with Crippen LogP contribution in [0.3, 0.4) is 0 Å². The van der Waals surface area contributed by atoms with Gasteiger partial charge in [0.2, 0.25) is 0 Å². The van der Waals surface area contributed by atoms with Crippen molar-refractivity contribution in [3.05, 3.63) is 56.9 Å². The topological polar surface area (TPSA) is 72.4 Å². The summed E-state index contributed by atoms with van der Waals surface area (Å²) in [7, 11) is 0. The lowest BCUT2D eigenvalue weighted by atomic mass is 9.70. The lowest BCUT2D eigenvalue weighted by Crippen LogP contribution is -2.56. The molecule has 176 valence electrons. The third kappa shape index (κ3) is 3.10. The number of ketones is 1. The molecule has 3 heterocycles. The summed E-state index contributed by atoms with van der Waals surface area (Å²) in [5.41, 5.74) is 8.79. The molecule has 0 spiro atoms. The van der Waals surface area contributed by atoms with E-state index in [1.54, 1.807) is 0 Å². The number of hydrogen-bond donors (Lipinski definition) is 1. The zero-order valence-electron chi connectivity index (χ0n) is 20.3. The summed E-state index contributed by atoms with van der Waals surface area (Å²) in [6.45, 7) is 12.5. The van der Waals surface area contributed by atoms with Crippen molar-refractivity contribution in [3.63, 3.8) is 0 Å². The van der Waals surface area contributed by atoms with Crippen LogP contribution in [-0.2, 0) is 23.0 Å². The molecule has 34 heavy (non-hydrogen) atoms. The summed E-state index contributed by atoms with van der Waals surface area (Å²) >= 11 is 0. The highest BCUT2D eigenvalue weighted by Gasteiger charge is 2.42. The number of nitrogens with one attached hydrogen (secondary N) is 1. The van der Waals surface area contributed by atoms with Crippen LogP contribution in [-0.4, -0.2) is 61.1 Å². The van der Waals surface area contributed by atoms with Gasteiger partial charge in [-0.15, -0.1) is 0 Å². The van der Waals surface area contributed by atoms with Gasteiger partial charge in [0.05, 0.1) is 25.3 Å². The number of aromatic amines is 1. The number of ether oxygens (including phenoxy) is 1. The van der Waals surface area contributed by atoms with Gasteiger partial charge in [-0.3, -0.25) is 9.69 Å². The highest BCUT2D eigenvalue weighted by atomic mass is 16.5. The van der Waals surface area contributed by atoms with E-state index >= 15 is 0 Å². The maximum atomic E-state index is 13.9. The van der Waals surface area contributed by atoms with E-state index in [0.29, 0.717) is 12.5 Å². The Morgan fingerprint density at radius 3 is 2.59 bits per heavy atom. The quantitative estimate of drug-likeness (QED) is 0.760. The van der Waals surface area contributed by atoms with E-state index in [4.69, 9.17) is 4.74 Å². The Balaban J connectivity index is 1.40. The fraction of sp³-hybridized carbons (Fsp3) is 0.500. The first kappa shape index (κ1) is 21.6. The number of fused-ring (bicyclic) bond motifs is 4. The average Bonchev–Trinajstić information content (AvgIpc) is 3.21. The molecule has 2 saturated heterocycles. The Hall–Kier alpha value is -2.88. The minimum Gasteiger partial charge on any atom is -0.378 e. The number of carbonyl (C=O) groups is 1. The monoisotopic (exact) mass is 456 g/mol. The molecule has 0 saturated carbocycles. The molecule has 2 aliphatic carbocycles. The number of nitrogens with zero attached hydrogens (tertiary/aromatic N) is 3. The third-order valence-corrected chi connectivity index (χ3v) is 8.40. The van der Waals surface area contributed by atoms with E-state index in [0.717, 1.165) is 91.4 Å². The first-order valence-corrected chi connectivity index (χ1v) is 12.6. The van der Waals surface area contributed by atoms with Gasteiger partial charge in [-0.2, -0.15) is 5.26 Å². The summed E-state index contributed by atoms with van der Waals surface area (Å²) < 4.78 is 5.39. The molecular weight excluding hydrogens is 424 g/mol. The molecule has 2 fully saturated rings. The van der Waals surface area contributed by atoms with Crippen LogP contribution in [0.15, 0.2) is 17.7 Å². The van der Waals surface area contributed by atoms with E-state index in [-0.39, 0.29) is 11.2 Å². The third-order valence-electron chi connectivity index (χ3n) is 8.40. The molecule has 2 aliphatic heterocycles. The van der Waals surface area contributed by atoms with Crippen molar-refractivity contribution >= 4 is 17.5 Å². The number of aryl methyl sites for hydroxylation is 1. The second-order valence-corrected chi connectivity index (χ2v) is 10.6. The van der Waals surface area contributed by atoms with E-state index in [9.17, 15) is 10.1 Å². The van der Waals surface area contributed by atoms with Crippen LogP contribution in [0.25, 0.3) is 6.08 Å². The van der Waals surface area contributed by atoms with Crippen molar-refractivity contribution in [2.24, 2.45) is 0 Å². The van der Waals surface area contributed by atoms with E-state index < -0.39 is 0 Å². The van der Waals surface area contributed by atoms with Crippen molar-refractivity contribution in [1.82, 2.24) is 9.88 Å². The molecule has 0 atom stereocenters. The Labute approximate surface area is 201 Å². The highest BCUT2D eigenvalue weighted by Crippen LogP contribution is 2.46. The number of rotatable bonds is 3. The van der Waals surface area contributed by atoms with Gasteiger partial charge in [-0.05, 0) is 54.2 Å². The molecule has 6 rings (SSSR count). The predicted molar refractivity (Wildman–Crippen MR) is 132 cm³/mol. The van der Waals surface area contributed by atoms with Crippen LogP contribution >= 0.6 is 0 Å². The molecule has 4 aliphatic rings. The number of nitriles is 1. The number of carbonyl (C=O) groups excluding carboxylic acids is 1. The predicted octanol–water partition coefficient (Wildman–Crippen LogP) is 3.82. The van der Waals surface area contributed by atoms with Crippen molar-refractivity contribution < 1.29 is 9.53 Å². The van der Waals surface area contributed by atoms with Crippen LogP contribution in [0.1, 0.15) is 71.2 Å². The van der Waals surface area contributed by atoms with Crippen LogP contribution < -0.4 is 4.90 Å². The molecule has 0 radical (unpaired) electrons. The maximum Gasteiger partial charge on any atom is 0.195 e. The standard InChI is InChI=1S/C28H32N4O2/c1-4-18-12-21-22(13-24(18)32-9-7-31(8-10-32)19-15-34-16-19)28(2,3)27-25(26(21)33)20-6-5-17(14-29)11-23(20)30-27/h11-13,19,30H,4-10,15-16H2,1-3H3.